The zero-order chi connectivity index (χ0) is 13.1. The highest BCUT2D eigenvalue weighted by Crippen LogP contribution is 2.18. The highest BCUT2D eigenvalue weighted by molar-refractivity contribution is 5.89. The van der Waals surface area contributed by atoms with Crippen molar-refractivity contribution >= 4 is 11.8 Å². The van der Waals surface area contributed by atoms with E-state index in [0.717, 1.165) is 6.42 Å². The molecule has 1 rings (SSSR count). The summed E-state index contributed by atoms with van der Waals surface area (Å²) in [6, 6.07) is 3.13. The van der Waals surface area contributed by atoms with Gasteiger partial charge >= 0.3 is 5.97 Å². The topological polar surface area (TPSA) is 82.5 Å². The van der Waals surface area contributed by atoms with Crippen molar-refractivity contribution in [3.8, 4) is 0 Å². The third kappa shape index (κ3) is 3.17. The lowest BCUT2D eigenvalue weighted by molar-refractivity contribution is 0.0695. The molecule has 0 amide bonds. The molecule has 94 valence electrons. The van der Waals surface area contributed by atoms with Gasteiger partial charge in [-0.15, -0.1) is 0 Å². The Morgan fingerprint density at radius 2 is 2.18 bits per heavy atom. The van der Waals surface area contributed by atoms with Crippen LogP contribution >= 0.6 is 0 Å². The molecule has 1 heterocycles. The number of nitrogens with zero attached hydrogens (tertiary/aromatic N) is 1. The Balaban J connectivity index is 2.95. The summed E-state index contributed by atoms with van der Waals surface area (Å²) in [5.41, 5.74) is 0.209. The quantitative estimate of drug-likeness (QED) is 0.726. The second-order valence-corrected chi connectivity index (χ2v) is 4.33. The van der Waals surface area contributed by atoms with Crippen LogP contribution in [0.25, 0.3) is 0 Å². The Bertz CT molecular complexity index is 414. The fraction of sp³-hybridized carbons (Fsp3) is 0.500. The van der Waals surface area contributed by atoms with Crippen LogP contribution in [0.1, 0.15) is 36.3 Å². The van der Waals surface area contributed by atoms with Crippen molar-refractivity contribution in [1.29, 1.82) is 0 Å². The number of aliphatic hydroxyl groups excluding tert-OH is 1. The molecule has 0 aliphatic rings. The molecule has 0 saturated heterocycles. The normalized spacial score (nSPS) is 14.1. The molecule has 0 aromatic carbocycles. The van der Waals surface area contributed by atoms with Crippen molar-refractivity contribution in [2.45, 2.75) is 32.7 Å². The second-order valence-electron chi connectivity index (χ2n) is 4.33. The van der Waals surface area contributed by atoms with Crippen molar-refractivity contribution < 1.29 is 15.0 Å². The molecule has 5 heteroatoms. The van der Waals surface area contributed by atoms with Gasteiger partial charge in [0.05, 0.1) is 23.4 Å². The molecular formula is C12H18N2O3. The average Bonchev–Trinajstić information content (AvgIpc) is 2.28. The fourth-order valence-corrected chi connectivity index (χ4v) is 1.41. The van der Waals surface area contributed by atoms with Crippen LogP contribution in [0.4, 0.5) is 5.82 Å². The van der Waals surface area contributed by atoms with Crippen LogP contribution in [0.3, 0.4) is 0 Å². The van der Waals surface area contributed by atoms with E-state index in [0.29, 0.717) is 11.5 Å². The third-order valence-electron chi connectivity index (χ3n) is 2.88. The number of carboxylic acid groups (broad SMARTS) is 1. The predicted octanol–water partition coefficient (Wildman–Crippen LogP) is 1.66. The Labute approximate surface area is 101 Å². The lowest BCUT2D eigenvalue weighted by atomic mass is 10.0. The van der Waals surface area contributed by atoms with E-state index in [9.17, 15) is 9.90 Å². The van der Waals surface area contributed by atoms with E-state index in [-0.39, 0.29) is 12.2 Å². The number of hydrogen-bond donors (Lipinski definition) is 3. The summed E-state index contributed by atoms with van der Waals surface area (Å²) in [7, 11) is 0. The number of carbonyl (C=O) groups is 1. The van der Waals surface area contributed by atoms with E-state index in [1.165, 1.54) is 6.07 Å². The number of pyridine rings is 1. The third-order valence-corrected chi connectivity index (χ3v) is 2.88. The zero-order valence-corrected chi connectivity index (χ0v) is 10.3. The molecule has 0 bridgehead atoms. The summed E-state index contributed by atoms with van der Waals surface area (Å²) in [6.45, 7) is 5.48. The van der Waals surface area contributed by atoms with Crippen LogP contribution in [0.5, 0.6) is 0 Å². The first kappa shape index (κ1) is 13.4. The van der Waals surface area contributed by atoms with Gasteiger partial charge < -0.3 is 15.5 Å². The van der Waals surface area contributed by atoms with Crippen molar-refractivity contribution in [1.82, 2.24) is 4.98 Å². The summed E-state index contributed by atoms with van der Waals surface area (Å²) in [5, 5.41) is 21.3. The SMILES string of the molecule is CCC(C)(CO)Nc1ccc(C(=O)O)c(C)n1. The summed E-state index contributed by atoms with van der Waals surface area (Å²) >= 11 is 0. The number of aryl methyl sites for hydroxylation is 1. The molecule has 5 nitrogen and oxygen atoms in total. The molecule has 1 atom stereocenters. The van der Waals surface area contributed by atoms with E-state index >= 15 is 0 Å². The van der Waals surface area contributed by atoms with E-state index in [1.807, 2.05) is 13.8 Å². The lowest BCUT2D eigenvalue weighted by Gasteiger charge is -2.28. The van der Waals surface area contributed by atoms with Crippen molar-refractivity contribution in [2.24, 2.45) is 0 Å². The smallest absolute Gasteiger partial charge is 0.337 e. The van der Waals surface area contributed by atoms with Crippen molar-refractivity contribution in [2.75, 3.05) is 11.9 Å². The lowest BCUT2D eigenvalue weighted by Crippen LogP contribution is -2.38. The first-order valence-corrected chi connectivity index (χ1v) is 5.52. The number of nitrogens with one attached hydrogen (secondary N) is 1. The molecule has 0 aliphatic carbocycles. The Hall–Kier alpha value is -1.62. The Morgan fingerprint density at radius 3 is 2.59 bits per heavy atom. The molecule has 1 aromatic rings. The molecule has 1 aromatic heterocycles. The number of aromatic nitrogens is 1. The van der Waals surface area contributed by atoms with Gasteiger partial charge in [0, 0.05) is 0 Å². The number of aliphatic hydroxyl groups is 1. The fourth-order valence-electron chi connectivity index (χ4n) is 1.41. The average molecular weight is 238 g/mol. The highest BCUT2D eigenvalue weighted by atomic mass is 16.4. The zero-order valence-electron chi connectivity index (χ0n) is 10.3. The maximum Gasteiger partial charge on any atom is 0.337 e. The van der Waals surface area contributed by atoms with Crippen LogP contribution in [0.2, 0.25) is 0 Å². The first-order valence-electron chi connectivity index (χ1n) is 5.52. The van der Waals surface area contributed by atoms with Crippen LogP contribution in [0, 0.1) is 6.92 Å². The van der Waals surface area contributed by atoms with Gasteiger partial charge in [-0.1, -0.05) is 6.92 Å². The van der Waals surface area contributed by atoms with Gasteiger partial charge in [-0.2, -0.15) is 0 Å². The minimum Gasteiger partial charge on any atom is -0.478 e. The van der Waals surface area contributed by atoms with Gasteiger partial charge in [-0.25, -0.2) is 9.78 Å². The predicted molar refractivity (Wildman–Crippen MR) is 65.3 cm³/mol. The molecular weight excluding hydrogens is 220 g/mol. The Kier molecular flexibility index (Phi) is 4.07. The van der Waals surface area contributed by atoms with Crippen molar-refractivity contribution in [3.63, 3.8) is 0 Å². The van der Waals surface area contributed by atoms with Crippen LogP contribution < -0.4 is 5.32 Å². The minimum atomic E-state index is -0.984. The molecule has 17 heavy (non-hydrogen) atoms. The molecule has 0 fully saturated rings. The number of anilines is 1. The molecule has 0 spiro atoms. The second kappa shape index (κ2) is 5.14. The van der Waals surface area contributed by atoms with Crippen LogP contribution in [-0.4, -0.2) is 33.3 Å². The minimum absolute atomic E-state index is 0.00902. The first-order chi connectivity index (χ1) is 7.91. The van der Waals surface area contributed by atoms with E-state index in [1.54, 1.807) is 13.0 Å². The molecule has 0 radical (unpaired) electrons. The Morgan fingerprint density at radius 1 is 1.53 bits per heavy atom. The maximum absolute atomic E-state index is 10.8. The number of rotatable bonds is 5. The number of carboxylic acids is 1. The number of hydrogen-bond acceptors (Lipinski definition) is 4. The van der Waals surface area contributed by atoms with Gasteiger partial charge in [0.1, 0.15) is 5.82 Å². The van der Waals surface area contributed by atoms with Gasteiger partial charge in [-0.05, 0) is 32.4 Å². The monoisotopic (exact) mass is 238 g/mol. The van der Waals surface area contributed by atoms with Crippen LogP contribution in [-0.2, 0) is 0 Å². The highest BCUT2D eigenvalue weighted by Gasteiger charge is 2.21. The van der Waals surface area contributed by atoms with Gasteiger partial charge in [0.25, 0.3) is 0 Å². The van der Waals surface area contributed by atoms with Crippen molar-refractivity contribution in [3.05, 3.63) is 23.4 Å². The number of aromatic carboxylic acids is 1. The molecule has 3 N–H and O–H groups in total. The molecule has 1 unspecified atom stereocenters. The van der Waals surface area contributed by atoms with E-state index < -0.39 is 11.5 Å². The standard InChI is InChI=1S/C12H18N2O3/c1-4-12(3,7-15)14-10-6-5-9(11(16)17)8(2)13-10/h5-6,15H,4,7H2,1-3H3,(H,13,14)(H,16,17). The summed E-state index contributed by atoms with van der Waals surface area (Å²) in [4.78, 5) is 15.0. The van der Waals surface area contributed by atoms with Gasteiger partial charge in [0.2, 0.25) is 0 Å². The van der Waals surface area contributed by atoms with Gasteiger partial charge in [-0.3, -0.25) is 0 Å². The van der Waals surface area contributed by atoms with Crippen LogP contribution in [0.15, 0.2) is 12.1 Å². The maximum atomic E-state index is 10.8. The molecule has 0 aliphatic heterocycles. The van der Waals surface area contributed by atoms with E-state index in [4.69, 9.17) is 5.11 Å². The largest absolute Gasteiger partial charge is 0.478 e. The summed E-state index contributed by atoms with van der Waals surface area (Å²) in [5.74, 6) is -0.409. The van der Waals surface area contributed by atoms with E-state index in [2.05, 4.69) is 10.3 Å². The molecule has 0 saturated carbocycles. The van der Waals surface area contributed by atoms with Gasteiger partial charge in [0.15, 0.2) is 0 Å². The summed E-state index contributed by atoms with van der Waals surface area (Å²) in [6.07, 6.45) is 0.741. The summed E-state index contributed by atoms with van der Waals surface area (Å²) < 4.78 is 0.